The maximum Gasteiger partial charge on any atom is 0.255 e. The molecule has 2 aromatic rings. The van der Waals surface area contributed by atoms with Crippen LogP contribution in [0.3, 0.4) is 0 Å². The number of nitrogens with two attached hydrogens (primary N) is 1. The number of aromatic nitrogens is 1. The predicted molar refractivity (Wildman–Crippen MR) is 79.0 cm³/mol. The maximum atomic E-state index is 13.0. The summed E-state index contributed by atoms with van der Waals surface area (Å²) < 4.78 is 14.7. The lowest BCUT2D eigenvalue weighted by molar-refractivity contribution is 0.627. The van der Waals surface area contributed by atoms with Gasteiger partial charge in [0.2, 0.25) is 0 Å². The van der Waals surface area contributed by atoms with Crippen molar-refractivity contribution in [3.8, 4) is 11.3 Å². The largest absolute Gasteiger partial charge is 0.324 e. The van der Waals surface area contributed by atoms with E-state index in [9.17, 15) is 9.18 Å². The lowest BCUT2D eigenvalue weighted by atomic mass is 10.1. The molecule has 0 radical (unpaired) electrons. The average molecular weight is 274 g/mol. The first-order chi connectivity index (χ1) is 9.54. The summed E-state index contributed by atoms with van der Waals surface area (Å²) >= 11 is 0. The quantitative estimate of drug-likeness (QED) is 0.931. The first-order valence-electron chi connectivity index (χ1n) is 6.80. The van der Waals surface area contributed by atoms with Crippen LogP contribution in [-0.4, -0.2) is 4.57 Å². The van der Waals surface area contributed by atoms with E-state index in [1.54, 1.807) is 29.7 Å². The highest BCUT2D eigenvalue weighted by atomic mass is 19.1. The molecule has 2 rings (SSSR count). The van der Waals surface area contributed by atoms with Gasteiger partial charge < -0.3 is 10.3 Å². The van der Waals surface area contributed by atoms with E-state index in [1.165, 1.54) is 12.1 Å². The van der Waals surface area contributed by atoms with E-state index in [2.05, 4.69) is 0 Å². The van der Waals surface area contributed by atoms with Gasteiger partial charge in [0, 0.05) is 18.2 Å². The van der Waals surface area contributed by atoms with Crippen LogP contribution >= 0.6 is 0 Å². The summed E-state index contributed by atoms with van der Waals surface area (Å²) in [6.07, 6.45) is 0.844. The summed E-state index contributed by atoms with van der Waals surface area (Å²) in [6.45, 7) is 4.43. The summed E-state index contributed by atoms with van der Waals surface area (Å²) in [5, 5.41) is 0. The van der Waals surface area contributed by atoms with Crippen molar-refractivity contribution in [2.75, 3.05) is 0 Å². The maximum absolute atomic E-state index is 13.0. The van der Waals surface area contributed by atoms with Crippen molar-refractivity contribution >= 4 is 0 Å². The van der Waals surface area contributed by atoms with E-state index < -0.39 is 0 Å². The van der Waals surface area contributed by atoms with Gasteiger partial charge in [-0.05, 0) is 55.3 Å². The highest BCUT2D eigenvalue weighted by Gasteiger charge is 2.12. The monoisotopic (exact) mass is 274 g/mol. The smallest absolute Gasteiger partial charge is 0.255 e. The van der Waals surface area contributed by atoms with Crippen molar-refractivity contribution in [1.82, 2.24) is 4.57 Å². The van der Waals surface area contributed by atoms with Crippen molar-refractivity contribution in [3.63, 3.8) is 0 Å². The molecule has 2 N–H and O–H groups in total. The molecule has 0 saturated carbocycles. The lowest BCUT2D eigenvalue weighted by Gasteiger charge is -2.15. The van der Waals surface area contributed by atoms with Crippen LogP contribution in [0.1, 0.15) is 31.9 Å². The molecule has 1 aromatic heterocycles. The van der Waals surface area contributed by atoms with E-state index in [4.69, 9.17) is 5.73 Å². The van der Waals surface area contributed by atoms with Crippen LogP contribution in [0.4, 0.5) is 4.39 Å². The van der Waals surface area contributed by atoms with Gasteiger partial charge in [-0.2, -0.15) is 0 Å². The SMILES string of the molecule is CCCn1c(-c2ccc(F)cc2)ccc(C(C)N)c1=O. The minimum absolute atomic E-state index is 0.0660. The molecule has 1 aromatic carbocycles. The first kappa shape index (κ1) is 14.5. The van der Waals surface area contributed by atoms with E-state index in [0.29, 0.717) is 12.1 Å². The number of hydrogen-bond acceptors (Lipinski definition) is 2. The Morgan fingerprint density at radius 2 is 1.85 bits per heavy atom. The molecular formula is C16H19FN2O. The summed E-state index contributed by atoms with van der Waals surface area (Å²) in [5.74, 6) is -0.287. The Bertz CT molecular complexity index is 645. The van der Waals surface area contributed by atoms with Crippen LogP contribution in [0.25, 0.3) is 11.3 Å². The zero-order valence-corrected chi connectivity index (χ0v) is 11.8. The average Bonchev–Trinajstić information content (AvgIpc) is 2.42. The number of rotatable bonds is 4. The molecule has 0 saturated heterocycles. The third-order valence-corrected chi connectivity index (χ3v) is 3.28. The molecule has 1 atom stereocenters. The zero-order chi connectivity index (χ0) is 14.7. The van der Waals surface area contributed by atoms with Gasteiger partial charge in [-0.25, -0.2) is 4.39 Å². The fraction of sp³-hybridized carbons (Fsp3) is 0.312. The Hall–Kier alpha value is -1.94. The number of halogens is 1. The van der Waals surface area contributed by atoms with E-state index >= 15 is 0 Å². The molecule has 1 unspecified atom stereocenters. The second-order valence-electron chi connectivity index (χ2n) is 4.93. The van der Waals surface area contributed by atoms with Gasteiger partial charge in [-0.15, -0.1) is 0 Å². The number of nitrogens with zero attached hydrogens (tertiary/aromatic N) is 1. The van der Waals surface area contributed by atoms with E-state index in [-0.39, 0.29) is 17.4 Å². The Morgan fingerprint density at radius 1 is 1.20 bits per heavy atom. The first-order valence-corrected chi connectivity index (χ1v) is 6.80. The lowest BCUT2D eigenvalue weighted by Crippen LogP contribution is -2.28. The van der Waals surface area contributed by atoms with Crippen LogP contribution in [0.2, 0.25) is 0 Å². The molecule has 0 aliphatic heterocycles. The van der Waals surface area contributed by atoms with Crippen LogP contribution in [0.5, 0.6) is 0 Å². The molecule has 0 fully saturated rings. The van der Waals surface area contributed by atoms with Gasteiger partial charge in [0.25, 0.3) is 5.56 Å². The van der Waals surface area contributed by atoms with Crippen molar-refractivity contribution in [2.45, 2.75) is 32.9 Å². The molecule has 20 heavy (non-hydrogen) atoms. The minimum Gasteiger partial charge on any atom is -0.324 e. The van der Waals surface area contributed by atoms with Gasteiger partial charge >= 0.3 is 0 Å². The van der Waals surface area contributed by atoms with Gasteiger partial charge in [-0.1, -0.05) is 6.92 Å². The third kappa shape index (κ3) is 2.80. The normalized spacial score (nSPS) is 12.4. The highest BCUT2D eigenvalue weighted by molar-refractivity contribution is 5.59. The summed E-state index contributed by atoms with van der Waals surface area (Å²) in [7, 11) is 0. The Labute approximate surface area is 117 Å². The molecule has 0 bridgehead atoms. The van der Waals surface area contributed by atoms with Gasteiger partial charge in [-0.3, -0.25) is 4.79 Å². The molecule has 106 valence electrons. The zero-order valence-electron chi connectivity index (χ0n) is 11.8. The van der Waals surface area contributed by atoms with Crippen LogP contribution in [0, 0.1) is 5.82 Å². The van der Waals surface area contributed by atoms with Crippen molar-refractivity contribution in [3.05, 3.63) is 58.1 Å². The highest BCUT2D eigenvalue weighted by Crippen LogP contribution is 2.20. The standard InChI is InChI=1S/C16H19FN2O/c1-3-10-19-15(12-4-6-13(17)7-5-12)9-8-14(11(2)18)16(19)20/h4-9,11H,3,10,18H2,1-2H3. The molecule has 0 spiro atoms. The van der Waals surface area contributed by atoms with Crippen molar-refractivity contribution in [1.29, 1.82) is 0 Å². The molecule has 3 nitrogen and oxygen atoms in total. The Kier molecular flexibility index (Phi) is 4.35. The number of hydrogen-bond donors (Lipinski definition) is 1. The Morgan fingerprint density at radius 3 is 2.40 bits per heavy atom. The van der Waals surface area contributed by atoms with Crippen molar-refractivity contribution in [2.24, 2.45) is 5.73 Å². The Balaban J connectivity index is 2.61. The molecule has 1 heterocycles. The summed E-state index contributed by atoms with van der Waals surface area (Å²) in [6, 6.07) is 9.50. The van der Waals surface area contributed by atoms with Gasteiger partial charge in [0.05, 0.1) is 5.69 Å². The summed E-state index contributed by atoms with van der Waals surface area (Å²) in [5.41, 5.74) is 7.98. The van der Waals surface area contributed by atoms with E-state index in [0.717, 1.165) is 17.7 Å². The third-order valence-electron chi connectivity index (χ3n) is 3.28. The fourth-order valence-corrected chi connectivity index (χ4v) is 2.26. The summed E-state index contributed by atoms with van der Waals surface area (Å²) in [4.78, 5) is 12.5. The topological polar surface area (TPSA) is 48.0 Å². The van der Waals surface area contributed by atoms with Crippen LogP contribution < -0.4 is 11.3 Å². The fourth-order valence-electron chi connectivity index (χ4n) is 2.26. The molecule has 0 aliphatic carbocycles. The van der Waals surface area contributed by atoms with Crippen LogP contribution in [-0.2, 0) is 6.54 Å². The van der Waals surface area contributed by atoms with Gasteiger partial charge in [0.15, 0.2) is 0 Å². The molecular weight excluding hydrogens is 255 g/mol. The molecule has 0 aliphatic rings. The number of benzene rings is 1. The molecule has 0 amide bonds. The minimum atomic E-state index is -0.298. The predicted octanol–water partition coefficient (Wildman–Crippen LogP) is 3.08. The van der Waals surface area contributed by atoms with E-state index in [1.807, 2.05) is 13.0 Å². The second kappa shape index (κ2) is 6.01. The van der Waals surface area contributed by atoms with Crippen LogP contribution in [0.15, 0.2) is 41.2 Å². The second-order valence-corrected chi connectivity index (χ2v) is 4.93. The van der Waals surface area contributed by atoms with Gasteiger partial charge in [0.1, 0.15) is 5.82 Å². The number of pyridine rings is 1. The van der Waals surface area contributed by atoms with Crippen molar-refractivity contribution < 1.29 is 4.39 Å². The molecule has 4 heteroatoms.